The number of rotatable bonds is 5. The molecule has 218 valence electrons. The number of alkyl halides is 6. The monoisotopic (exact) mass is 562 g/mol. The molecule has 0 saturated carbocycles. The van der Waals surface area contributed by atoms with Crippen molar-refractivity contribution in [2.75, 3.05) is 60.7 Å². The third-order valence-corrected chi connectivity index (χ3v) is 5.39. The second kappa shape index (κ2) is 14.5. The van der Waals surface area contributed by atoms with E-state index in [4.69, 9.17) is 34.0 Å². The van der Waals surface area contributed by atoms with Crippen LogP contribution in [0.1, 0.15) is 12.0 Å². The van der Waals surface area contributed by atoms with Crippen LogP contribution in [0.15, 0.2) is 24.3 Å². The Kier molecular flexibility index (Phi) is 12.8. The van der Waals surface area contributed by atoms with Crippen molar-refractivity contribution in [1.29, 1.82) is 0 Å². The summed E-state index contributed by atoms with van der Waals surface area (Å²) < 4.78 is 80.9. The lowest BCUT2D eigenvalue weighted by Gasteiger charge is -2.31. The van der Waals surface area contributed by atoms with E-state index in [0.717, 1.165) is 58.2 Å². The molecule has 2 aliphatic heterocycles. The molecule has 2 saturated heterocycles. The molecule has 0 bridgehead atoms. The van der Waals surface area contributed by atoms with Crippen molar-refractivity contribution >= 4 is 11.9 Å². The number of aliphatic carboxylic acids is 2. The van der Waals surface area contributed by atoms with Gasteiger partial charge in [0.15, 0.2) is 0 Å². The number of ether oxygens (including phenoxy) is 3. The molecule has 2 atom stereocenters. The summed E-state index contributed by atoms with van der Waals surface area (Å²) in [6, 6.07) is 8.33. The Morgan fingerprint density at radius 2 is 1.61 bits per heavy atom. The zero-order valence-electron chi connectivity index (χ0n) is 21.1. The lowest BCUT2D eigenvalue weighted by atomic mass is 9.94. The lowest BCUT2D eigenvalue weighted by Crippen LogP contribution is -2.44. The molecule has 1 spiro atoms. The van der Waals surface area contributed by atoms with E-state index in [2.05, 4.69) is 36.0 Å². The van der Waals surface area contributed by atoms with E-state index in [0.29, 0.717) is 5.92 Å². The minimum absolute atomic E-state index is 0.135. The van der Waals surface area contributed by atoms with Crippen LogP contribution < -0.4 is 4.74 Å². The first-order chi connectivity index (χ1) is 17.5. The SMILES string of the molecule is COc1ccc(CN2CCOCC3(CC(CN(C)C)CO3)C2)cc1.O=C(O)C(F)(F)F.O=C(O)C(F)(F)F. The van der Waals surface area contributed by atoms with Crippen LogP contribution in [0.2, 0.25) is 0 Å². The van der Waals surface area contributed by atoms with Crippen LogP contribution in [0.5, 0.6) is 5.75 Å². The summed E-state index contributed by atoms with van der Waals surface area (Å²) in [6.07, 6.45) is -9.08. The maximum absolute atomic E-state index is 10.6. The quantitative estimate of drug-likeness (QED) is 0.524. The Hall–Kier alpha value is -2.62. The van der Waals surface area contributed by atoms with Gasteiger partial charge in [0.25, 0.3) is 0 Å². The predicted octanol–water partition coefficient (Wildman–Crippen LogP) is 3.13. The van der Waals surface area contributed by atoms with Crippen LogP contribution in [0.25, 0.3) is 0 Å². The van der Waals surface area contributed by atoms with E-state index in [1.54, 1.807) is 7.11 Å². The zero-order chi connectivity index (χ0) is 29.1. The van der Waals surface area contributed by atoms with Crippen molar-refractivity contribution in [3.8, 4) is 5.75 Å². The summed E-state index contributed by atoms with van der Waals surface area (Å²) in [6.45, 7) is 6.25. The number of hydrogen-bond acceptors (Lipinski definition) is 7. The van der Waals surface area contributed by atoms with Crippen molar-refractivity contribution in [3.05, 3.63) is 29.8 Å². The first-order valence-corrected chi connectivity index (χ1v) is 11.3. The molecule has 0 aromatic heterocycles. The molecule has 2 heterocycles. The minimum atomic E-state index is -5.08. The fourth-order valence-corrected chi connectivity index (χ4v) is 3.89. The molecule has 2 aliphatic rings. The first-order valence-electron chi connectivity index (χ1n) is 11.3. The van der Waals surface area contributed by atoms with Gasteiger partial charge in [-0.3, -0.25) is 4.90 Å². The molecule has 2 unspecified atom stereocenters. The molecule has 0 radical (unpaired) electrons. The molecule has 0 amide bonds. The zero-order valence-corrected chi connectivity index (χ0v) is 21.1. The second-order valence-corrected chi connectivity index (χ2v) is 9.04. The van der Waals surface area contributed by atoms with Crippen molar-refractivity contribution in [2.24, 2.45) is 5.92 Å². The topological polar surface area (TPSA) is 109 Å². The van der Waals surface area contributed by atoms with Crippen molar-refractivity contribution in [1.82, 2.24) is 9.80 Å². The molecular formula is C23H32F6N2O7. The number of hydrogen-bond donors (Lipinski definition) is 2. The van der Waals surface area contributed by atoms with Gasteiger partial charge in [0.2, 0.25) is 0 Å². The normalized spacial score (nSPS) is 22.1. The van der Waals surface area contributed by atoms with Crippen LogP contribution in [0.4, 0.5) is 26.3 Å². The summed E-state index contributed by atoms with van der Waals surface area (Å²) in [5, 5.41) is 14.2. The summed E-state index contributed by atoms with van der Waals surface area (Å²) >= 11 is 0. The smallest absolute Gasteiger partial charge is 0.490 e. The van der Waals surface area contributed by atoms with E-state index in [1.807, 2.05) is 12.1 Å². The highest BCUT2D eigenvalue weighted by Gasteiger charge is 2.43. The van der Waals surface area contributed by atoms with Gasteiger partial charge < -0.3 is 29.3 Å². The summed E-state index contributed by atoms with van der Waals surface area (Å²) in [5.41, 5.74) is 1.17. The lowest BCUT2D eigenvalue weighted by molar-refractivity contribution is -0.193. The van der Waals surface area contributed by atoms with E-state index in [9.17, 15) is 26.3 Å². The predicted molar refractivity (Wildman–Crippen MR) is 122 cm³/mol. The average molecular weight is 563 g/mol. The van der Waals surface area contributed by atoms with Crippen LogP contribution in [-0.2, 0) is 25.6 Å². The fraction of sp³-hybridized carbons (Fsp3) is 0.652. The van der Waals surface area contributed by atoms with Gasteiger partial charge >= 0.3 is 24.3 Å². The molecule has 2 fully saturated rings. The molecule has 0 aliphatic carbocycles. The van der Waals surface area contributed by atoms with Crippen LogP contribution in [0, 0.1) is 5.92 Å². The highest BCUT2D eigenvalue weighted by molar-refractivity contribution is 5.73. The number of carboxylic acid groups (broad SMARTS) is 2. The van der Waals surface area contributed by atoms with Gasteiger partial charge in [-0.25, -0.2) is 9.59 Å². The van der Waals surface area contributed by atoms with Gasteiger partial charge in [0.05, 0.1) is 26.9 Å². The molecule has 15 heteroatoms. The first kappa shape index (κ1) is 33.4. The van der Waals surface area contributed by atoms with Crippen molar-refractivity contribution < 1.29 is 60.4 Å². The third-order valence-electron chi connectivity index (χ3n) is 5.39. The number of carbonyl (C=O) groups is 2. The second-order valence-electron chi connectivity index (χ2n) is 9.04. The number of methoxy groups -OCH3 is 1. The van der Waals surface area contributed by atoms with Crippen LogP contribution in [0.3, 0.4) is 0 Å². The molecule has 3 rings (SSSR count). The molecule has 2 N–H and O–H groups in total. The van der Waals surface area contributed by atoms with Crippen molar-refractivity contribution in [3.63, 3.8) is 0 Å². The molecule has 1 aromatic carbocycles. The Balaban J connectivity index is 0.000000426. The maximum atomic E-state index is 10.6. The summed E-state index contributed by atoms with van der Waals surface area (Å²) in [7, 11) is 5.96. The average Bonchev–Trinajstić information content (AvgIpc) is 3.06. The fourth-order valence-electron chi connectivity index (χ4n) is 3.89. The van der Waals surface area contributed by atoms with E-state index < -0.39 is 24.3 Å². The minimum Gasteiger partial charge on any atom is -0.497 e. The van der Waals surface area contributed by atoms with Gasteiger partial charge in [-0.2, -0.15) is 26.3 Å². The van der Waals surface area contributed by atoms with Gasteiger partial charge in [0.1, 0.15) is 11.4 Å². The number of halogens is 6. The number of nitrogens with zero attached hydrogens (tertiary/aromatic N) is 2. The van der Waals surface area contributed by atoms with Gasteiger partial charge in [-0.15, -0.1) is 0 Å². The van der Waals surface area contributed by atoms with Crippen LogP contribution >= 0.6 is 0 Å². The van der Waals surface area contributed by atoms with Gasteiger partial charge in [-0.1, -0.05) is 12.1 Å². The van der Waals surface area contributed by atoms with Crippen LogP contribution in [-0.4, -0.2) is 111 Å². The standard InChI is InChI=1S/C19H30N2O3.2C2HF3O2/c1-20(2)11-17-10-19(24-13-17)14-21(8-9-23-15-19)12-16-4-6-18(22-3)7-5-16;2*3-2(4,5)1(6)7/h4-7,17H,8-15H2,1-3H3;2*(H,6,7). The maximum Gasteiger partial charge on any atom is 0.490 e. The van der Waals surface area contributed by atoms with Gasteiger partial charge in [-0.05, 0) is 44.1 Å². The van der Waals surface area contributed by atoms with Crippen molar-refractivity contribution in [2.45, 2.75) is 30.9 Å². The molecular weight excluding hydrogens is 530 g/mol. The van der Waals surface area contributed by atoms with E-state index in [-0.39, 0.29) is 5.60 Å². The largest absolute Gasteiger partial charge is 0.497 e. The summed E-state index contributed by atoms with van der Waals surface area (Å²) in [4.78, 5) is 22.5. The Labute approximate surface area is 215 Å². The number of carboxylic acids is 2. The van der Waals surface area contributed by atoms with E-state index in [1.165, 1.54) is 5.56 Å². The molecule has 1 aromatic rings. The Bertz CT molecular complexity index is 856. The molecule has 38 heavy (non-hydrogen) atoms. The number of benzene rings is 1. The molecule has 9 nitrogen and oxygen atoms in total. The third kappa shape index (κ3) is 12.3. The van der Waals surface area contributed by atoms with Gasteiger partial charge in [0, 0.05) is 26.2 Å². The Morgan fingerprint density at radius 3 is 2.05 bits per heavy atom. The highest BCUT2D eigenvalue weighted by Crippen LogP contribution is 2.33. The van der Waals surface area contributed by atoms with E-state index >= 15 is 0 Å². The Morgan fingerprint density at radius 1 is 1.08 bits per heavy atom. The summed E-state index contributed by atoms with van der Waals surface area (Å²) in [5.74, 6) is -4.01. The highest BCUT2D eigenvalue weighted by atomic mass is 19.4.